The molecule has 174 valence electrons. The van der Waals surface area contributed by atoms with Gasteiger partial charge < -0.3 is 9.64 Å². The highest BCUT2D eigenvalue weighted by molar-refractivity contribution is 7.86. The molecular weight excluding hydrogens is 426 g/mol. The van der Waals surface area contributed by atoms with E-state index in [9.17, 15) is 13.2 Å². The van der Waals surface area contributed by atoms with Crippen LogP contribution in [0.4, 0.5) is 4.79 Å². The van der Waals surface area contributed by atoms with Gasteiger partial charge in [0.15, 0.2) is 0 Å². The van der Waals surface area contributed by atoms with Crippen molar-refractivity contribution in [1.82, 2.24) is 4.90 Å². The summed E-state index contributed by atoms with van der Waals surface area (Å²) in [5, 5.41) is 0. The minimum absolute atomic E-state index is 0.0797. The second-order valence-electron chi connectivity index (χ2n) is 9.19. The van der Waals surface area contributed by atoms with Gasteiger partial charge in [-0.2, -0.15) is 8.42 Å². The number of carbonyl (C=O) groups excluding carboxylic acids is 1. The third-order valence-electron chi connectivity index (χ3n) is 5.37. The number of rotatable bonds is 6. The Balaban J connectivity index is 1.75. The van der Waals surface area contributed by atoms with Crippen molar-refractivity contribution in [3.05, 3.63) is 65.7 Å². The number of hydrogen-bond donors (Lipinski definition) is 0. The molecule has 2 atom stereocenters. The van der Waals surface area contributed by atoms with Crippen LogP contribution in [0, 0.1) is 12.8 Å². The topological polar surface area (TPSA) is 72.9 Å². The molecule has 32 heavy (non-hydrogen) atoms. The molecule has 2 aromatic rings. The van der Waals surface area contributed by atoms with E-state index in [0.717, 1.165) is 11.1 Å². The summed E-state index contributed by atoms with van der Waals surface area (Å²) in [6.45, 7) is 5.27. The van der Waals surface area contributed by atoms with Crippen LogP contribution in [-0.4, -0.2) is 38.1 Å². The number of ether oxygens (including phenoxy) is 1. The number of carbonyl (C=O) groups is 1. The van der Waals surface area contributed by atoms with Crippen molar-refractivity contribution in [1.29, 1.82) is 0 Å². The average Bonchev–Trinajstić information content (AvgIpc) is 2.72. The second kappa shape index (κ2) is 10.0. The first-order valence-corrected chi connectivity index (χ1v) is 12.2. The summed E-state index contributed by atoms with van der Waals surface area (Å²) in [5.41, 5.74) is 1.18. The van der Waals surface area contributed by atoms with Gasteiger partial charge >= 0.3 is 6.09 Å². The molecule has 0 spiro atoms. The molecule has 0 bridgehead atoms. The van der Waals surface area contributed by atoms with E-state index in [1.807, 2.05) is 58.0 Å². The van der Waals surface area contributed by atoms with E-state index in [2.05, 4.69) is 0 Å². The molecular formula is C25H33NO5S. The lowest BCUT2D eigenvalue weighted by atomic mass is 9.85. The van der Waals surface area contributed by atoms with Gasteiger partial charge in [0.2, 0.25) is 0 Å². The summed E-state index contributed by atoms with van der Waals surface area (Å²) >= 11 is 0. The van der Waals surface area contributed by atoms with Crippen LogP contribution >= 0.6 is 0 Å². The van der Waals surface area contributed by atoms with Crippen LogP contribution in [0.25, 0.3) is 0 Å². The zero-order chi connectivity index (χ0) is 25.1. The number of aryl methyl sites for hydroxylation is 1. The highest BCUT2D eigenvalue weighted by Crippen LogP contribution is 2.36. The SMILES string of the molecule is [2H]C([2H])(C[C@@H]1CCN(C(=O)OC(C)(C)C)[C@H](c2ccccc2)C1)OS(=O)(=O)c1ccc(C)cc1. The fourth-order valence-electron chi connectivity index (χ4n) is 3.74. The van der Waals surface area contributed by atoms with E-state index in [4.69, 9.17) is 11.7 Å². The van der Waals surface area contributed by atoms with Gasteiger partial charge in [-0.3, -0.25) is 4.18 Å². The van der Waals surface area contributed by atoms with Crippen molar-refractivity contribution in [3.8, 4) is 0 Å². The van der Waals surface area contributed by atoms with Gasteiger partial charge in [-0.15, -0.1) is 0 Å². The van der Waals surface area contributed by atoms with Gasteiger partial charge in [0.1, 0.15) is 5.60 Å². The van der Waals surface area contributed by atoms with Gasteiger partial charge in [0, 0.05) is 6.54 Å². The molecule has 1 aliphatic rings. The Bertz CT molecular complexity index is 1080. The molecule has 0 radical (unpaired) electrons. The highest BCUT2D eigenvalue weighted by atomic mass is 32.2. The normalized spacial score (nSPS) is 20.9. The molecule has 0 aromatic heterocycles. The Kier molecular flexibility index (Phi) is 6.74. The lowest BCUT2D eigenvalue weighted by Crippen LogP contribution is -2.44. The molecule has 0 N–H and O–H groups in total. The zero-order valence-corrected chi connectivity index (χ0v) is 19.9. The van der Waals surface area contributed by atoms with Gasteiger partial charge in [-0.25, -0.2) is 4.79 Å². The van der Waals surface area contributed by atoms with Crippen LogP contribution < -0.4 is 0 Å². The van der Waals surface area contributed by atoms with E-state index in [1.165, 1.54) is 12.1 Å². The van der Waals surface area contributed by atoms with Crippen LogP contribution in [0.1, 0.15) is 59.9 Å². The predicted molar refractivity (Wildman–Crippen MR) is 124 cm³/mol. The molecule has 2 aromatic carbocycles. The zero-order valence-electron chi connectivity index (χ0n) is 21.1. The Labute approximate surface area is 194 Å². The Morgan fingerprint density at radius 2 is 1.78 bits per heavy atom. The maximum atomic E-state index is 12.9. The molecule has 1 heterocycles. The van der Waals surface area contributed by atoms with Crippen molar-refractivity contribution in [2.45, 2.75) is 63.5 Å². The van der Waals surface area contributed by atoms with Crippen molar-refractivity contribution in [2.75, 3.05) is 13.1 Å². The summed E-state index contributed by atoms with van der Waals surface area (Å²) in [6.07, 6.45) is 0.456. The molecule has 0 unspecified atom stereocenters. The maximum Gasteiger partial charge on any atom is 0.410 e. The smallest absolute Gasteiger partial charge is 0.410 e. The molecule has 1 saturated heterocycles. The van der Waals surface area contributed by atoms with E-state index in [1.54, 1.807) is 17.0 Å². The van der Waals surface area contributed by atoms with Gasteiger partial charge in [-0.05, 0) is 70.6 Å². The minimum atomic E-state index is -4.26. The third-order valence-corrected chi connectivity index (χ3v) is 6.56. The van der Waals surface area contributed by atoms with Crippen molar-refractivity contribution in [3.63, 3.8) is 0 Å². The van der Waals surface area contributed by atoms with Crippen LogP contribution in [0.3, 0.4) is 0 Å². The van der Waals surface area contributed by atoms with Crippen LogP contribution in [0.2, 0.25) is 0 Å². The summed E-state index contributed by atoms with van der Waals surface area (Å²) < 4.78 is 52.5. The number of piperidine rings is 1. The number of likely N-dealkylation sites (tertiary alicyclic amines) is 1. The van der Waals surface area contributed by atoms with Crippen LogP contribution in [0.15, 0.2) is 59.5 Å². The number of amides is 1. The Morgan fingerprint density at radius 3 is 2.41 bits per heavy atom. The highest BCUT2D eigenvalue weighted by Gasteiger charge is 2.35. The Morgan fingerprint density at radius 1 is 1.12 bits per heavy atom. The Hall–Kier alpha value is -2.38. The number of hydrogen-bond acceptors (Lipinski definition) is 5. The van der Waals surface area contributed by atoms with Gasteiger partial charge in [0.25, 0.3) is 10.1 Å². The van der Waals surface area contributed by atoms with E-state index < -0.39 is 28.4 Å². The molecule has 1 aliphatic heterocycles. The lowest BCUT2D eigenvalue weighted by Gasteiger charge is -2.40. The first-order valence-electron chi connectivity index (χ1n) is 11.8. The summed E-state index contributed by atoms with van der Waals surface area (Å²) in [7, 11) is -4.26. The third kappa shape index (κ3) is 6.56. The molecule has 3 rings (SSSR count). The first-order chi connectivity index (χ1) is 15.8. The van der Waals surface area contributed by atoms with Gasteiger partial charge in [0.05, 0.1) is 20.2 Å². The number of benzene rings is 2. The van der Waals surface area contributed by atoms with E-state index >= 15 is 0 Å². The van der Waals surface area contributed by atoms with Crippen molar-refractivity contribution >= 4 is 16.2 Å². The van der Waals surface area contributed by atoms with Crippen LogP contribution in [-0.2, 0) is 19.0 Å². The van der Waals surface area contributed by atoms with E-state index in [0.29, 0.717) is 19.4 Å². The summed E-state index contributed by atoms with van der Waals surface area (Å²) in [4.78, 5) is 14.5. The average molecular weight is 462 g/mol. The summed E-state index contributed by atoms with van der Waals surface area (Å²) in [6, 6.07) is 15.3. The maximum absolute atomic E-state index is 12.9. The predicted octanol–water partition coefficient (Wildman–Crippen LogP) is 5.48. The largest absolute Gasteiger partial charge is 0.444 e. The first kappa shape index (κ1) is 21.5. The standard InChI is InChI=1S/C25H33NO5S/c1-19-10-12-22(13-11-19)32(28,29)30-17-15-20-14-16-26(24(27)31-25(2,3)4)23(18-20)21-8-6-5-7-9-21/h5-13,20,23H,14-18H2,1-4H3/t20-,23-/m0/s1/i17D2. The molecule has 1 fully saturated rings. The molecule has 6 nitrogen and oxygen atoms in total. The molecule has 0 saturated carbocycles. The number of nitrogens with zero attached hydrogens (tertiary/aromatic N) is 1. The fraction of sp³-hybridized carbons (Fsp3) is 0.480. The molecule has 7 heteroatoms. The minimum Gasteiger partial charge on any atom is -0.444 e. The monoisotopic (exact) mass is 461 g/mol. The summed E-state index contributed by atoms with van der Waals surface area (Å²) in [5.74, 6) is -0.188. The van der Waals surface area contributed by atoms with Crippen molar-refractivity contribution in [2.24, 2.45) is 5.92 Å². The van der Waals surface area contributed by atoms with Crippen molar-refractivity contribution < 1.29 is 24.9 Å². The van der Waals surface area contributed by atoms with E-state index in [-0.39, 0.29) is 23.3 Å². The van der Waals surface area contributed by atoms with Crippen LogP contribution in [0.5, 0.6) is 0 Å². The van der Waals surface area contributed by atoms with Gasteiger partial charge in [-0.1, -0.05) is 48.0 Å². The lowest BCUT2D eigenvalue weighted by molar-refractivity contribution is 0.00312. The fourth-order valence-corrected chi connectivity index (χ4v) is 4.53. The molecule has 1 amide bonds. The quantitative estimate of drug-likeness (QED) is 0.533. The second-order valence-corrected chi connectivity index (χ2v) is 10.7. The molecule has 0 aliphatic carbocycles.